The second-order valence-corrected chi connectivity index (χ2v) is 5.30. The first kappa shape index (κ1) is 14.3. The zero-order chi connectivity index (χ0) is 15.7. The Balaban J connectivity index is 1.79. The van der Waals surface area contributed by atoms with Gasteiger partial charge in [0.05, 0.1) is 5.56 Å². The van der Waals surface area contributed by atoms with E-state index in [-0.39, 0.29) is 18.2 Å². The van der Waals surface area contributed by atoms with Gasteiger partial charge in [-0.05, 0) is 37.6 Å². The van der Waals surface area contributed by atoms with Crippen molar-refractivity contribution < 1.29 is 18.7 Å². The van der Waals surface area contributed by atoms with E-state index in [0.717, 1.165) is 5.57 Å². The summed E-state index contributed by atoms with van der Waals surface area (Å²) < 4.78 is 24.7. The number of Topliss-reactive ketones (excluding diaryl/α,β-unsaturated/α-hetero) is 1. The highest BCUT2D eigenvalue weighted by atomic mass is 19.1. The molecule has 0 fully saturated rings. The number of rotatable bonds is 3. The third kappa shape index (κ3) is 2.60. The summed E-state index contributed by atoms with van der Waals surface area (Å²) in [5.41, 5.74) is 1.83. The zero-order valence-electron chi connectivity index (χ0n) is 12.4. The molecule has 0 spiro atoms. The number of carbonyl (C=O) groups is 1. The minimum atomic E-state index is -0.304. The van der Waals surface area contributed by atoms with Gasteiger partial charge in [-0.25, -0.2) is 4.39 Å². The van der Waals surface area contributed by atoms with Crippen molar-refractivity contribution in [3.05, 3.63) is 70.7 Å². The fourth-order valence-corrected chi connectivity index (χ4v) is 2.25. The van der Waals surface area contributed by atoms with Gasteiger partial charge in [-0.2, -0.15) is 0 Å². The van der Waals surface area contributed by atoms with Gasteiger partial charge in [0.25, 0.3) is 0 Å². The standard InChI is InChI=1S/C18H15FO3/c1-11(2)18-17(20)14-8-7-13(9-16(14)22-18)21-10-12-5-3-4-6-15(12)19/h3-9H,10H2,1-2H3. The van der Waals surface area contributed by atoms with Crippen LogP contribution in [0.2, 0.25) is 0 Å². The van der Waals surface area contributed by atoms with E-state index in [1.54, 1.807) is 36.4 Å². The summed E-state index contributed by atoms with van der Waals surface area (Å²) in [5.74, 6) is 0.955. The van der Waals surface area contributed by atoms with Gasteiger partial charge in [0.15, 0.2) is 5.76 Å². The minimum Gasteiger partial charge on any atom is -0.489 e. The maximum atomic E-state index is 13.5. The molecule has 0 amide bonds. The lowest BCUT2D eigenvalue weighted by atomic mass is 10.1. The predicted octanol–water partition coefficient (Wildman–Crippen LogP) is 4.27. The Morgan fingerprint density at radius 2 is 1.95 bits per heavy atom. The number of hydrogen-bond donors (Lipinski definition) is 0. The van der Waals surface area contributed by atoms with Crippen LogP contribution in [-0.2, 0) is 6.61 Å². The molecule has 0 saturated carbocycles. The van der Waals surface area contributed by atoms with Crippen molar-refractivity contribution in [1.29, 1.82) is 0 Å². The van der Waals surface area contributed by atoms with E-state index in [0.29, 0.717) is 28.4 Å². The Bertz CT molecular complexity index is 774. The molecule has 0 bridgehead atoms. The summed E-state index contributed by atoms with van der Waals surface area (Å²) in [5, 5.41) is 0. The molecule has 0 aliphatic carbocycles. The molecule has 22 heavy (non-hydrogen) atoms. The lowest BCUT2D eigenvalue weighted by Crippen LogP contribution is -2.00. The third-order valence-corrected chi connectivity index (χ3v) is 3.42. The van der Waals surface area contributed by atoms with Gasteiger partial charge in [-0.15, -0.1) is 0 Å². The van der Waals surface area contributed by atoms with Crippen LogP contribution in [0.5, 0.6) is 11.5 Å². The first-order valence-corrected chi connectivity index (χ1v) is 6.96. The molecular weight excluding hydrogens is 283 g/mol. The number of ketones is 1. The first-order valence-electron chi connectivity index (χ1n) is 6.96. The van der Waals surface area contributed by atoms with Crippen LogP contribution in [0.3, 0.4) is 0 Å². The summed E-state index contributed by atoms with van der Waals surface area (Å²) in [7, 11) is 0. The summed E-state index contributed by atoms with van der Waals surface area (Å²) in [6.45, 7) is 3.78. The Labute approximate surface area is 128 Å². The average molecular weight is 298 g/mol. The van der Waals surface area contributed by atoms with E-state index < -0.39 is 0 Å². The molecule has 3 nitrogen and oxygen atoms in total. The van der Waals surface area contributed by atoms with E-state index in [1.165, 1.54) is 6.07 Å². The summed E-state index contributed by atoms with van der Waals surface area (Å²) in [6.07, 6.45) is 0. The number of carbonyl (C=O) groups excluding carboxylic acids is 1. The Morgan fingerprint density at radius 3 is 2.68 bits per heavy atom. The normalized spacial score (nSPS) is 12.9. The molecule has 2 aromatic carbocycles. The summed E-state index contributed by atoms with van der Waals surface area (Å²) >= 11 is 0. The summed E-state index contributed by atoms with van der Waals surface area (Å²) in [4.78, 5) is 12.1. The van der Waals surface area contributed by atoms with Gasteiger partial charge in [-0.3, -0.25) is 4.79 Å². The van der Waals surface area contributed by atoms with Crippen LogP contribution in [0.4, 0.5) is 4.39 Å². The molecule has 2 aromatic rings. The van der Waals surface area contributed by atoms with Crippen molar-refractivity contribution in [2.24, 2.45) is 0 Å². The van der Waals surface area contributed by atoms with Crippen molar-refractivity contribution in [3.63, 3.8) is 0 Å². The first-order chi connectivity index (χ1) is 10.6. The van der Waals surface area contributed by atoms with Crippen LogP contribution in [0.25, 0.3) is 0 Å². The number of hydrogen-bond acceptors (Lipinski definition) is 3. The van der Waals surface area contributed by atoms with Crippen molar-refractivity contribution in [1.82, 2.24) is 0 Å². The van der Waals surface area contributed by atoms with Gasteiger partial charge < -0.3 is 9.47 Å². The Morgan fingerprint density at radius 1 is 1.18 bits per heavy atom. The predicted molar refractivity (Wildman–Crippen MR) is 80.5 cm³/mol. The maximum absolute atomic E-state index is 13.5. The highest BCUT2D eigenvalue weighted by Crippen LogP contribution is 2.35. The van der Waals surface area contributed by atoms with E-state index in [1.807, 2.05) is 13.8 Å². The van der Waals surface area contributed by atoms with Crippen LogP contribution < -0.4 is 9.47 Å². The van der Waals surface area contributed by atoms with Crippen molar-refractivity contribution in [3.8, 4) is 11.5 Å². The summed E-state index contributed by atoms with van der Waals surface area (Å²) in [6, 6.07) is 11.5. The van der Waals surface area contributed by atoms with Crippen molar-refractivity contribution >= 4 is 5.78 Å². The molecule has 4 heteroatoms. The molecule has 0 N–H and O–H groups in total. The Hall–Kier alpha value is -2.62. The van der Waals surface area contributed by atoms with E-state index >= 15 is 0 Å². The molecule has 1 heterocycles. The second kappa shape index (κ2) is 5.64. The average Bonchev–Trinajstić information content (AvgIpc) is 2.83. The van der Waals surface area contributed by atoms with Gasteiger partial charge in [-0.1, -0.05) is 18.2 Å². The van der Waals surface area contributed by atoms with Gasteiger partial charge in [0.1, 0.15) is 23.9 Å². The molecule has 1 aliphatic rings. The van der Waals surface area contributed by atoms with Crippen LogP contribution in [0.15, 0.2) is 53.8 Å². The number of fused-ring (bicyclic) bond motifs is 1. The van der Waals surface area contributed by atoms with E-state index in [2.05, 4.69) is 0 Å². The van der Waals surface area contributed by atoms with Crippen LogP contribution in [0, 0.1) is 5.82 Å². The molecule has 112 valence electrons. The topological polar surface area (TPSA) is 35.5 Å². The Kier molecular flexibility index (Phi) is 3.67. The number of benzene rings is 2. The molecule has 0 saturated heterocycles. The fourth-order valence-electron chi connectivity index (χ4n) is 2.25. The van der Waals surface area contributed by atoms with Crippen LogP contribution in [0.1, 0.15) is 29.8 Å². The molecular formula is C18H15FO3. The smallest absolute Gasteiger partial charge is 0.231 e. The van der Waals surface area contributed by atoms with Gasteiger partial charge in [0.2, 0.25) is 5.78 Å². The quantitative estimate of drug-likeness (QED) is 0.794. The maximum Gasteiger partial charge on any atom is 0.231 e. The lowest BCUT2D eigenvalue weighted by Gasteiger charge is -2.08. The third-order valence-electron chi connectivity index (χ3n) is 3.42. The van der Waals surface area contributed by atoms with Gasteiger partial charge >= 0.3 is 0 Å². The highest BCUT2D eigenvalue weighted by molar-refractivity contribution is 6.12. The van der Waals surface area contributed by atoms with E-state index in [4.69, 9.17) is 9.47 Å². The molecule has 3 rings (SSSR count). The zero-order valence-corrected chi connectivity index (χ0v) is 12.4. The van der Waals surface area contributed by atoms with E-state index in [9.17, 15) is 9.18 Å². The van der Waals surface area contributed by atoms with Crippen molar-refractivity contribution in [2.75, 3.05) is 0 Å². The number of halogens is 1. The number of allylic oxidation sites excluding steroid dienone is 2. The minimum absolute atomic E-state index is 0.115. The largest absolute Gasteiger partial charge is 0.489 e. The highest BCUT2D eigenvalue weighted by Gasteiger charge is 2.28. The van der Waals surface area contributed by atoms with Crippen molar-refractivity contribution in [2.45, 2.75) is 20.5 Å². The SMILES string of the molecule is CC(C)=C1Oc2cc(OCc3ccccc3F)ccc2C1=O. The van der Waals surface area contributed by atoms with Crippen LogP contribution >= 0.6 is 0 Å². The molecule has 0 radical (unpaired) electrons. The van der Waals surface area contributed by atoms with Crippen LogP contribution in [-0.4, -0.2) is 5.78 Å². The van der Waals surface area contributed by atoms with Gasteiger partial charge in [0, 0.05) is 11.6 Å². The fraction of sp³-hybridized carbons (Fsp3) is 0.167. The molecule has 0 aromatic heterocycles. The second-order valence-electron chi connectivity index (χ2n) is 5.30. The number of ether oxygens (including phenoxy) is 2. The monoisotopic (exact) mass is 298 g/mol. The molecule has 0 atom stereocenters. The molecule has 0 unspecified atom stereocenters. The lowest BCUT2D eigenvalue weighted by molar-refractivity contribution is 0.101. The molecule has 1 aliphatic heterocycles.